The highest BCUT2D eigenvalue weighted by Gasteiger charge is 2.17. The van der Waals surface area contributed by atoms with Gasteiger partial charge in [-0.3, -0.25) is 4.79 Å². The number of allylic oxidation sites excluding steroid dienone is 1. The Morgan fingerprint density at radius 2 is 1.82 bits per heavy atom. The quantitative estimate of drug-likeness (QED) is 0.546. The largest absolute Gasteiger partial charge is 0.386 e. The van der Waals surface area contributed by atoms with Gasteiger partial charge in [0.1, 0.15) is 0 Å². The predicted octanol–water partition coefficient (Wildman–Crippen LogP) is 1.77. The van der Waals surface area contributed by atoms with E-state index in [4.69, 9.17) is 4.74 Å². The number of hydrogen-bond donors (Lipinski definition) is 1. The summed E-state index contributed by atoms with van der Waals surface area (Å²) in [5, 5.41) is 3.14. The Bertz CT molecular complexity index is 252. The Labute approximate surface area is 105 Å². The van der Waals surface area contributed by atoms with Gasteiger partial charge >= 0.3 is 0 Å². The first-order valence-corrected chi connectivity index (χ1v) is 6.13. The molecule has 4 heteroatoms. The molecular formula is C13H26N2O2. The maximum Gasteiger partial charge on any atom is 0.248 e. The Kier molecular flexibility index (Phi) is 7.63. The Balaban J connectivity index is 4.42. The molecule has 17 heavy (non-hydrogen) atoms. The number of ether oxygens (including phenoxy) is 1. The lowest BCUT2D eigenvalue weighted by Gasteiger charge is -2.29. The van der Waals surface area contributed by atoms with Crippen molar-refractivity contribution in [3.63, 3.8) is 0 Å². The first-order valence-electron chi connectivity index (χ1n) is 6.13. The van der Waals surface area contributed by atoms with Gasteiger partial charge in [-0.05, 0) is 34.6 Å². The second-order valence-electron chi connectivity index (χ2n) is 4.68. The number of nitrogens with zero attached hydrogens (tertiary/aromatic N) is 1. The minimum Gasteiger partial charge on any atom is -0.386 e. The van der Waals surface area contributed by atoms with Crippen molar-refractivity contribution in [2.24, 2.45) is 0 Å². The topological polar surface area (TPSA) is 41.6 Å². The molecule has 0 bridgehead atoms. The van der Waals surface area contributed by atoms with Crippen LogP contribution in [-0.4, -0.2) is 43.2 Å². The molecule has 100 valence electrons. The molecule has 1 amide bonds. The fourth-order valence-electron chi connectivity index (χ4n) is 1.77. The second kappa shape index (κ2) is 8.12. The van der Waals surface area contributed by atoms with Crippen molar-refractivity contribution in [3.05, 3.63) is 11.8 Å². The summed E-state index contributed by atoms with van der Waals surface area (Å²) >= 11 is 0. The van der Waals surface area contributed by atoms with Crippen LogP contribution < -0.4 is 5.32 Å². The minimum absolute atomic E-state index is 0.0532. The predicted molar refractivity (Wildman–Crippen MR) is 70.8 cm³/mol. The van der Waals surface area contributed by atoms with Crippen LogP contribution in [0.5, 0.6) is 0 Å². The van der Waals surface area contributed by atoms with Crippen molar-refractivity contribution < 1.29 is 9.53 Å². The molecule has 4 nitrogen and oxygen atoms in total. The molecule has 1 N–H and O–H groups in total. The van der Waals surface area contributed by atoms with Crippen molar-refractivity contribution in [1.82, 2.24) is 10.2 Å². The number of methoxy groups -OCH3 is 1. The van der Waals surface area contributed by atoms with Crippen LogP contribution in [0, 0.1) is 0 Å². The zero-order valence-electron chi connectivity index (χ0n) is 11.9. The van der Waals surface area contributed by atoms with Crippen LogP contribution in [-0.2, 0) is 9.53 Å². The average Bonchev–Trinajstić information content (AvgIpc) is 2.16. The molecule has 0 rings (SSSR count). The van der Waals surface area contributed by atoms with Gasteiger partial charge in [0, 0.05) is 37.5 Å². The fourth-order valence-corrected chi connectivity index (χ4v) is 1.77. The lowest BCUT2D eigenvalue weighted by atomic mass is 10.2. The number of carbonyl (C=O) groups excluding carboxylic acids is 1. The van der Waals surface area contributed by atoms with E-state index in [1.54, 1.807) is 13.2 Å². The molecular weight excluding hydrogens is 216 g/mol. The molecule has 0 spiro atoms. The van der Waals surface area contributed by atoms with E-state index in [2.05, 4.69) is 5.32 Å². The lowest BCUT2D eigenvalue weighted by molar-refractivity contribution is -0.129. The summed E-state index contributed by atoms with van der Waals surface area (Å²) in [5.74, 6) is 0.0532. The summed E-state index contributed by atoms with van der Waals surface area (Å²) in [7, 11) is 1.66. The Morgan fingerprint density at radius 1 is 1.29 bits per heavy atom. The molecule has 0 atom stereocenters. The van der Waals surface area contributed by atoms with E-state index < -0.39 is 0 Å². The zero-order chi connectivity index (χ0) is 13.4. The van der Waals surface area contributed by atoms with Crippen molar-refractivity contribution in [2.75, 3.05) is 20.3 Å². The van der Waals surface area contributed by atoms with Gasteiger partial charge in [-0.25, -0.2) is 0 Å². The number of rotatable bonds is 7. The third kappa shape index (κ3) is 6.31. The summed E-state index contributed by atoms with van der Waals surface area (Å²) in [5.41, 5.74) is 0.873. The number of carbonyl (C=O) groups is 1. The van der Waals surface area contributed by atoms with Crippen LogP contribution >= 0.6 is 0 Å². The van der Waals surface area contributed by atoms with Crippen LogP contribution in [0.3, 0.4) is 0 Å². The molecule has 0 saturated heterocycles. The van der Waals surface area contributed by atoms with Crippen LogP contribution in [0.25, 0.3) is 0 Å². The SMILES string of the molecule is COCCNC(C)=CC(=O)N(C(C)C)C(C)C. The van der Waals surface area contributed by atoms with Crippen molar-refractivity contribution in [2.45, 2.75) is 46.7 Å². The standard InChI is InChI=1S/C13H26N2O2/c1-10(2)15(11(3)4)13(16)9-12(5)14-7-8-17-6/h9-11,14H,7-8H2,1-6H3. The van der Waals surface area contributed by atoms with Crippen LogP contribution in [0.15, 0.2) is 11.8 Å². The highest BCUT2D eigenvalue weighted by Crippen LogP contribution is 2.06. The Morgan fingerprint density at radius 3 is 2.24 bits per heavy atom. The maximum absolute atomic E-state index is 12.0. The van der Waals surface area contributed by atoms with Gasteiger partial charge in [-0.2, -0.15) is 0 Å². The van der Waals surface area contributed by atoms with Gasteiger partial charge in [0.15, 0.2) is 0 Å². The van der Waals surface area contributed by atoms with Crippen LogP contribution in [0.1, 0.15) is 34.6 Å². The molecule has 0 aromatic heterocycles. The van der Waals surface area contributed by atoms with E-state index in [1.165, 1.54) is 0 Å². The maximum atomic E-state index is 12.0. The normalized spacial score (nSPS) is 12.1. The van der Waals surface area contributed by atoms with Crippen molar-refractivity contribution >= 4 is 5.91 Å². The molecule has 0 aromatic carbocycles. The van der Waals surface area contributed by atoms with E-state index in [-0.39, 0.29) is 18.0 Å². The van der Waals surface area contributed by atoms with E-state index in [1.807, 2.05) is 39.5 Å². The lowest BCUT2D eigenvalue weighted by Crippen LogP contribution is -2.41. The van der Waals surface area contributed by atoms with Gasteiger partial charge < -0.3 is 15.0 Å². The van der Waals surface area contributed by atoms with Crippen molar-refractivity contribution in [3.8, 4) is 0 Å². The second-order valence-corrected chi connectivity index (χ2v) is 4.68. The fraction of sp³-hybridized carbons (Fsp3) is 0.769. The van der Waals surface area contributed by atoms with E-state index in [0.29, 0.717) is 6.61 Å². The van der Waals surface area contributed by atoms with Gasteiger partial charge in [-0.1, -0.05) is 0 Å². The molecule has 0 aliphatic rings. The molecule has 0 saturated carbocycles. The molecule has 0 fully saturated rings. The summed E-state index contributed by atoms with van der Waals surface area (Å²) in [6, 6.07) is 0.427. The summed E-state index contributed by atoms with van der Waals surface area (Å²) in [4.78, 5) is 13.9. The highest BCUT2D eigenvalue weighted by atomic mass is 16.5. The Hall–Kier alpha value is -1.03. The van der Waals surface area contributed by atoms with Gasteiger partial charge in [0.05, 0.1) is 6.61 Å². The van der Waals surface area contributed by atoms with Crippen molar-refractivity contribution in [1.29, 1.82) is 0 Å². The van der Waals surface area contributed by atoms with Crippen LogP contribution in [0.2, 0.25) is 0 Å². The number of amides is 1. The molecule has 0 radical (unpaired) electrons. The highest BCUT2D eigenvalue weighted by molar-refractivity contribution is 5.88. The smallest absolute Gasteiger partial charge is 0.248 e. The van der Waals surface area contributed by atoms with E-state index in [9.17, 15) is 4.79 Å². The molecule has 0 aliphatic carbocycles. The molecule has 0 aliphatic heterocycles. The minimum atomic E-state index is 0.0532. The first-order chi connectivity index (χ1) is 7.90. The van der Waals surface area contributed by atoms with E-state index >= 15 is 0 Å². The first kappa shape index (κ1) is 16.0. The monoisotopic (exact) mass is 242 g/mol. The average molecular weight is 242 g/mol. The zero-order valence-corrected chi connectivity index (χ0v) is 11.9. The molecule has 0 unspecified atom stereocenters. The summed E-state index contributed by atoms with van der Waals surface area (Å²) in [6.45, 7) is 11.4. The number of hydrogen-bond acceptors (Lipinski definition) is 3. The molecule has 0 aromatic rings. The summed E-state index contributed by atoms with van der Waals surface area (Å²) < 4.78 is 4.94. The third-order valence-electron chi connectivity index (χ3n) is 2.42. The molecule has 0 heterocycles. The van der Waals surface area contributed by atoms with E-state index in [0.717, 1.165) is 12.2 Å². The van der Waals surface area contributed by atoms with Gasteiger partial charge in [-0.15, -0.1) is 0 Å². The van der Waals surface area contributed by atoms with Crippen LogP contribution in [0.4, 0.5) is 0 Å². The van der Waals surface area contributed by atoms with Gasteiger partial charge in [0.2, 0.25) is 5.91 Å². The summed E-state index contributed by atoms with van der Waals surface area (Å²) in [6.07, 6.45) is 1.65. The van der Waals surface area contributed by atoms with Gasteiger partial charge in [0.25, 0.3) is 0 Å². The third-order valence-corrected chi connectivity index (χ3v) is 2.42. The number of nitrogens with one attached hydrogen (secondary N) is 1.